The van der Waals surface area contributed by atoms with E-state index in [-0.39, 0.29) is 35.4 Å². The van der Waals surface area contributed by atoms with Crippen LogP contribution in [0.2, 0.25) is 0 Å². The Morgan fingerprint density at radius 2 is 1.66 bits per heavy atom. The van der Waals surface area contributed by atoms with Crippen LogP contribution in [0.4, 0.5) is 5.69 Å². The third kappa shape index (κ3) is 6.24. The number of benzene rings is 2. The van der Waals surface area contributed by atoms with Crippen molar-refractivity contribution in [1.29, 1.82) is 0 Å². The van der Waals surface area contributed by atoms with Gasteiger partial charge in [0.15, 0.2) is 30.0 Å². The molecule has 2 aromatic rings. The second-order valence-corrected chi connectivity index (χ2v) is 6.09. The molecule has 0 aromatic heterocycles. The molecular formula is C21H23NO7. The first-order chi connectivity index (χ1) is 13.8. The van der Waals surface area contributed by atoms with Crippen LogP contribution in [0.25, 0.3) is 0 Å². The lowest BCUT2D eigenvalue weighted by molar-refractivity contribution is -0.124. The Balaban J connectivity index is 1.98. The normalized spacial score (nSPS) is 11.2. The summed E-state index contributed by atoms with van der Waals surface area (Å²) in [5, 5.41) is 2.70. The maximum Gasteiger partial charge on any atom is 0.338 e. The van der Waals surface area contributed by atoms with Gasteiger partial charge in [-0.15, -0.1) is 0 Å². The van der Waals surface area contributed by atoms with Crippen LogP contribution in [0.1, 0.15) is 24.2 Å². The van der Waals surface area contributed by atoms with Crippen LogP contribution >= 0.6 is 0 Å². The van der Waals surface area contributed by atoms with Gasteiger partial charge in [-0.2, -0.15) is 0 Å². The first-order valence-corrected chi connectivity index (χ1v) is 8.80. The minimum absolute atomic E-state index is 0.199. The Hall–Kier alpha value is -3.55. The molecule has 2 aromatic carbocycles. The first kappa shape index (κ1) is 21.7. The zero-order valence-corrected chi connectivity index (χ0v) is 16.7. The van der Waals surface area contributed by atoms with E-state index < -0.39 is 12.1 Å². The maximum atomic E-state index is 12.1. The van der Waals surface area contributed by atoms with Gasteiger partial charge >= 0.3 is 5.97 Å². The van der Waals surface area contributed by atoms with E-state index in [0.717, 1.165) is 0 Å². The first-order valence-electron chi connectivity index (χ1n) is 8.80. The molecule has 0 heterocycles. The molecule has 0 radical (unpaired) electrons. The molecule has 0 saturated carbocycles. The minimum atomic E-state index is -0.842. The highest BCUT2D eigenvalue weighted by atomic mass is 16.5. The number of nitrogens with one attached hydrogen (secondary N) is 1. The van der Waals surface area contributed by atoms with Crippen molar-refractivity contribution >= 4 is 23.3 Å². The number of ketones is 1. The summed E-state index contributed by atoms with van der Waals surface area (Å²) in [4.78, 5) is 35.4. The number of hydrogen-bond donors (Lipinski definition) is 1. The number of hydrogen-bond acceptors (Lipinski definition) is 7. The molecular weight excluding hydrogens is 378 g/mol. The van der Waals surface area contributed by atoms with E-state index in [2.05, 4.69) is 5.32 Å². The minimum Gasteiger partial charge on any atom is -0.497 e. The molecule has 0 spiro atoms. The fourth-order valence-electron chi connectivity index (χ4n) is 2.24. The highest BCUT2D eigenvalue weighted by molar-refractivity contribution is 5.93. The number of ether oxygens (including phenoxy) is 4. The van der Waals surface area contributed by atoms with Gasteiger partial charge in [0.05, 0.1) is 19.8 Å². The molecule has 1 atom stereocenters. The van der Waals surface area contributed by atoms with Crippen LogP contribution in [0.5, 0.6) is 17.2 Å². The number of rotatable bonds is 9. The summed E-state index contributed by atoms with van der Waals surface area (Å²) in [5.74, 6) is -0.0556. The molecule has 0 bridgehead atoms. The smallest absolute Gasteiger partial charge is 0.338 e. The van der Waals surface area contributed by atoms with Gasteiger partial charge in [0, 0.05) is 5.69 Å². The molecule has 0 aliphatic heterocycles. The van der Waals surface area contributed by atoms with Crippen LogP contribution in [0.3, 0.4) is 0 Å². The van der Waals surface area contributed by atoms with Gasteiger partial charge in [-0.3, -0.25) is 9.59 Å². The van der Waals surface area contributed by atoms with Crippen LogP contribution in [-0.4, -0.2) is 44.6 Å². The Morgan fingerprint density at radius 1 is 0.966 bits per heavy atom. The maximum absolute atomic E-state index is 12.1. The Bertz CT molecular complexity index is 877. The van der Waals surface area contributed by atoms with Crippen molar-refractivity contribution in [2.45, 2.75) is 20.0 Å². The van der Waals surface area contributed by atoms with Crippen molar-refractivity contribution in [1.82, 2.24) is 0 Å². The van der Waals surface area contributed by atoms with Crippen molar-refractivity contribution in [2.75, 3.05) is 26.1 Å². The average molecular weight is 401 g/mol. The monoisotopic (exact) mass is 401 g/mol. The van der Waals surface area contributed by atoms with Crippen molar-refractivity contribution in [3.8, 4) is 17.2 Å². The molecule has 0 saturated heterocycles. The number of anilines is 1. The third-order valence-electron chi connectivity index (χ3n) is 3.99. The number of carbonyl (C=O) groups is 3. The summed E-state index contributed by atoms with van der Waals surface area (Å²) in [7, 11) is 2.97. The molecule has 8 heteroatoms. The largest absolute Gasteiger partial charge is 0.497 e. The van der Waals surface area contributed by atoms with Gasteiger partial charge in [-0.25, -0.2) is 4.79 Å². The van der Waals surface area contributed by atoms with Crippen molar-refractivity contribution in [2.24, 2.45) is 0 Å². The number of amides is 1. The zero-order chi connectivity index (χ0) is 21.4. The van der Waals surface area contributed by atoms with Crippen LogP contribution < -0.4 is 19.5 Å². The summed E-state index contributed by atoms with van der Waals surface area (Å²) < 4.78 is 20.8. The van der Waals surface area contributed by atoms with Gasteiger partial charge in [0.25, 0.3) is 5.91 Å². The molecule has 1 unspecified atom stereocenters. The van der Waals surface area contributed by atoms with Crippen LogP contribution in [-0.2, 0) is 14.3 Å². The van der Waals surface area contributed by atoms with Crippen molar-refractivity contribution in [3.05, 3.63) is 48.0 Å². The fourth-order valence-corrected chi connectivity index (χ4v) is 2.24. The topological polar surface area (TPSA) is 100 Å². The van der Waals surface area contributed by atoms with Gasteiger partial charge < -0.3 is 24.3 Å². The van der Waals surface area contributed by atoms with Crippen molar-refractivity contribution < 1.29 is 33.3 Å². The highest BCUT2D eigenvalue weighted by Crippen LogP contribution is 2.28. The fraction of sp³-hybridized carbons (Fsp3) is 0.286. The second kappa shape index (κ2) is 10.1. The number of carbonyl (C=O) groups excluding carboxylic acids is 3. The Labute approximate surface area is 168 Å². The van der Waals surface area contributed by atoms with E-state index in [1.807, 2.05) is 0 Å². The van der Waals surface area contributed by atoms with E-state index in [4.69, 9.17) is 18.9 Å². The van der Waals surface area contributed by atoms with Crippen molar-refractivity contribution in [3.63, 3.8) is 0 Å². The molecule has 1 N–H and O–H groups in total. The Kier molecular flexibility index (Phi) is 7.59. The summed E-state index contributed by atoms with van der Waals surface area (Å²) in [6.07, 6.45) is -0.842. The van der Waals surface area contributed by atoms with E-state index in [0.29, 0.717) is 11.4 Å². The molecule has 0 aliphatic carbocycles. The number of methoxy groups -OCH3 is 2. The molecule has 2 rings (SSSR count). The molecule has 1 amide bonds. The molecule has 29 heavy (non-hydrogen) atoms. The predicted octanol–water partition coefficient (Wildman–Crippen LogP) is 2.86. The van der Waals surface area contributed by atoms with E-state index in [1.54, 1.807) is 31.4 Å². The van der Waals surface area contributed by atoms with Gasteiger partial charge in [0.1, 0.15) is 5.75 Å². The third-order valence-corrected chi connectivity index (χ3v) is 3.99. The predicted molar refractivity (Wildman–Crippen MR) is 106 cm³/mol. The summed E-state index contributed by atoms with van der Waals surface area (Å²) in [6.45, 7) is 2.58. The average Bonchev–Trinajstić information content (AvgIpc) is 2.72. The molecule has 154 valence electrons. The Morgan fingerprint density at radius 3 is 2.24 bits per heavy atom. The number of esters is 1. The zero-order valence-electron chi connectivity index (χ0n) is 16.7. The van der Waals surface area contributed by atoms with E-state index >= 15 is 0 Å². The number of Topliss-reactive ketones (excluding diaryl/α,β-unsaturated/α-hetero) is 1. The molecule has 0 fully saturated rings. The lowest BCUT2D eigenvalue weighted by Crippen LogP contribution is -2.22. The summed E-state index contributed by atoms with van der Waals surface area (Å²) in [5.41, 5.74) is 0.800. The second-order valence-electron chi connectivity index (χ2n) is 6.09. The van der Waals surface area contributed by atoms with E-state index in [1.165, 1.54) is 39.2 Å². The van der Waals surface area contributed by atoms with Gasteiger partial charge in [0.2, 0.25) is 0 Å². The summed E-state index contributed by atoms with van der Waals surface area (Å²) >= 11 is 0. The summed E-state index contributed by atoms with van der Waals surface area (Å²) in [6, 6.07) is 11.3. The van der Waals surface area contributed by atoms with Gasteiger partial charge in [-0.1, -0.05) is 0 Å². The van der Waals surface area contributed by atoms with Crippen LogP contribution in [0.15, 0.2) is 42.5 Å². The lowest BCUT2D eigenvalue weighted by Gasteiger charge is -2.13. The van der Waals surface area contributed by atoms with Crippen LogP contribution in [0, 0.1) is 0 Å². The SMILES string of the molecule is COc1ccc(NC(=O)COc2ccc(C(=O)OC(C)C(C)=O)cc2OC)cc1. The van der Waals surface area contributed by atoms with E-state index in [9.17, 15) is 14.4 Å². The lowest BCUT2D eigenvalue weighted by atomic mass is 10.2. The quantitative estimate of drug-likeness (QED) is 0.645. The molecule has 8 nitrogen and oxygen atoms in total. The molecule has 0 aliphatic rings. The highest BCUT2D eigenvalue weighted by Gasteiger charge is 2.18. The van der Waals surface area contributed by atoms with Gasteiger partial charge in [-0.05, 0) is 56.3 Å². The standard InChI is InChI=1S/C21H23NO7/c1-13(23)14(2)29-21(25)15-5-10-18(19(11-15)27-4)28-12-20(24)22-16-6-8-17(26-3)9-7-16/h5-11,14H,12H2,1-4H3,(H,22,24).